The molecule has 0 spiro atoms. The van der Waals surface area contributed by atoms with E-state index >= 15 is 0 Å². The molecule has 0 aliphatic carbocycles. The second-order valence-corrected chi connectivity index (χ2v) is 7.40. The molecule has 1 amide bonds. The maximum absolute atomic E-state index is 12.3. The lowest BCUT2D eigenvalue weighted by Gasteiger charge is -2.57. The van der Waals surface area contributed by atoms with E-state index < -0.39 is 0 Å². The summed E-state index contributed by atoms with van der Waals surface area (Å²) < 4.78 is 0. The highest BCUT2D eigenvalue weighted by Gasteiger charge is 2.55. The summed E-state index contributed by atoms with van der Waals surface area (Å²) in [7, 11) is 0. The summed E-state index contributed by atoms with van der Waals surface area (Å²) in [6, 6.07) is 0.264. The van der Waals surface area contributed by atoms with Gasteiger partial charge in [0.25, 0.3) is 0 Å². The van der Waals surface area contributed by atoms with Crippen LogP contribution in [0.3, 0.4) is 0 Å². The fourth-order valence-corrected chi connectivity index (χ4v) is 3.69. The molecule has 0 aromatic rings. The molecule has 1 rings (SSSR count). The van der Waals surface area contributed by atoms with Gasteiger partial charge in [-0.15, -0.1) is 0 Å². The zero-order chi connectivity index (χ0) is 13.6. The molecule has 100 valence electrons. The fourth-order valence-electron chi connectivity index (χ4n) is 3.69. The summed E-state index contributed by atoms with van der Waals surface area (Å²) in [4.78, 5) is 12.3. The Morgan fingerprint density at radius 1 is 0.941 bits per heavy atom. The quantitative estimate of drug-likeness (QED) is 0.785. The van der Waals surface area contributed by atoms with Crippen LogP contribution in [0, 0.1) is 28.6 Å². The molecule has 2 atom stereocenters. The topological polar surface area (TPSA) is 29.1 Å². The fraction of sp³-hybridized carbons (Fsp3) is 0.933. The summed E-state index contributed by atoms with van der Waals surface area (Å²) in [5.74, 6) is 1.20. The largest absolute Gasteiger partial charge is 0.352 e. The standard InChI is InChI=1S/C15H29NO/c1-9(2)11-13(17)16-12(10(3)4)15(7,8)14(11,5)6/h9-12H,1-8H3,(H,16,17). The monoisotopic (exact) mass is 239 g/mol. The average Bonchev–Trinajstić information content (AvgIpc) is 2.10. The zero-order valence-corrected chi connectivity index (χ0v) is 12.7. The Morgan fingerprint density at radius 3 is 1.76 bits per heavy atom. The van der Waals surface area contributed by atoms with Gasteiger partial charge in [0.1, 0.15) is 0 Å². The van der Waals surface area contributed by atoms with Crippen LogP contribution in [0.1, 0.15) is 55.4 Å². The van der Waals surface area contributed by atoms with Crippen LogP contribution in [0.2, 0.25) is 0 Å². The lowest BCUT2D eigenvalue weighted by Crippen LogP contribution is -2.65. The second-order valence-electron chi connectivity index (χ2n) is 7.40. The molecule has 1 aliphatic heterocycles. The van der Waals surface area contributed by atoms with Crippen LogP contribution in [-0.2, 0) is 4.79 Å². The molecular formula is C15H29NO. The molecule has 0 aromatic carbocycles. The van der Waals surface area contributed by atoms with Crippen molar-refractivity contribution in [1.29, 1.82) is 0 Å². The van der Waals surface area contributed by atoms with Gasteiger partial charge < -0.3 is 5.32 Å². The molecule has 0 aromatic heterocycles. The van der Waals surface area contributed by atoms with Crippen LogP contribution < -0.4 is 5.32 Å². The van der Waals surface area contributed by atoms with E-state index in [0.717, 1.165) is 0 Å². The van der Waals surface area contributed by atoms with E-state index in [9.17, 15) is 4.79 Å². The molecule has 0 bridgehead atoms. The van der Waals surface area contributed by atoms with Gasteiger partial charge in [0.05, 0.1) is 0 Å². The van der Waals surface area contributed by atoms with Crippen molar-refractivity contribution in [3.63, 3.8) is 0 Å². The number of carbonyl (C=O) groups excluding carboxylic acids is 1. The summed E-state index contributed by atoms with van der Waals surface area (Å²) in [5.41, 5.74) is 0.141. The molecule has 1 aliphatic rings. The van der Waals surface area contributed by atoms with Crippen molar-refractivity contribution in [3.8, 4) is 0 Å². The minimum absolute atomic E-state index is 0.0262. The molecule has 1 saturated heterocycles. The Morgan fingerprint density at radius 2 is 1.41 bits per heavy atom. The van der Waals surface area contributed by atoms with E-state index in [4.69, 9.17) is 0 Å². The Hall–Kier alpha value is -0.530. The number of amides is 1. The molecule has 2 unspecified atom stereocenters. The molecule has 1 N–H and O–H groups in total. The number of nitrogens with one attached hydrogen (secondary N) is 1. The van der Waals surface area contributed by atoms with Gasteiger partial charge in [0, 0.05) is 12.0 Å². The lowest BCUT2D eigenvalue weighted by molar-refractivity contribution is -0.150. The van der Waals surface area contributed by atoms with Gasteiger partial charge in [-0.25, -0.2) is 0 Å². The number of piperidine rings is 1. The van der Waals surface area contributed by atoms with Crippen LogP contribution in [0.5, 0.6) is 0 Å². The zero-order valence-electron chi connectivity index (χ0n) is 12.7. The molecule has 0 radical (unpaired) electrons. The van der Waals surface area contributed by atoms with E-state index in [1.807, 2.05) is 0 Å². The van der Waals surface area contributed by atoms with Gasteiger partial charge in [-0.05, 0) is 22.7 Å². The third-order valence-electron chi connectivity index (χ3n) is 5.13. The number of hydrogen-bond donors (Lipinski definition) is 1. The van der Waals surface area contributed by atoms with Crippen LogP contribution in [0.25, 0.3) is 0 Å². The first-order valence-corrected chi connectivity index (χ1v) is 6.83. The Labute approximate surface area is 107 Å². The third-order valence-corrected chi connectivity index (χ3v) is 5.13. The molecule has 2 nitrogen and oxygen atoms in total. The van der Waals surface area contributed by atoms with Crippen molar-refractivity contribution in [2.24, 2.45) is 28.6 Å². The van der Waals surface area contributed by atoms with Gasteiger partial charge in [-0.1, -0.05) is 55.4 Å². The highest BCUT2D eigenvalue weighted by Crippen LogP contribution is 2.53. The molecular weight excluding hydrogens is 210 g/mol. The van der Waals surface area contributed by atoms with Crippen molar-refractivity contribution in [1.82, 2.24) is 5.32 Å². The molecule has 0 saturated carbocycles. The predicted molar refractivity (Wildman–Crippen MR) is 72.7 cm³/mol. The van der Waals surface area contributed by atoms with Crippen molar-refractivity contribution >= 4 is 5.91 Å². The predicted octanol–water partition coefficient (Wildman–Crippen LogP) is 3.47. The van der Waals surface area contributed by atoms with Crippen molar-refractivity contribution < 1.29 is 4.79 Å². The number of rotatable bonds is 2. The molecule has 2 heteroatoms. The average molecular weight is 239 g/mol. The Balaban J connectivity index is 3.20. The molecule has 1 heterocycles. The van der Waals surface area contributed by atoms with Crippen molar-refractivity contribution in [2.45, 2.75) is 61.4 Å². The van der Waals surface area contributed by atoms with E-state index in [0.29, 0.717) is 11.8 Å². The summed E-state index contributed by atoms with van der Waals surface area (Å²) >= 11 is 0. The highest BCUT2D eigenvalue weighted by atomic mass is 16.2. The second kappa shape index (κ2) is 4.29. The lowest BCUT2D eigenvalue weighted by atomic mass is 9.52. The maximum atomic E-state index is 12.3. The van der Waals surface area contributed by atoms with E-state index in [-0.39, 0.29) is 28.7 Å². The van der Waals surface area contributed by atoms with Crippen LogP contribution >= 0.6 is 0 Å². The van der Waals surface area contributed by atoms with Crippen molar-refractivity contribution in [2.75, 3.05) is 0 Å². The highest BCUT2D eigenvalue weighted by molar-refractivity contribution is 5.81. The molecule has 17 heavy (non-hydrogen) atoms. The smallest absolute Gasteiger partial charge is 0.224 e. The SMILES string of the molecule is CC(C)C1NC(=O)C(C(C)C)C(C)(C)C1(C)C. The van der Waals surface area contributed by atoms with Gasteiger partial charge in [-0.3, -0.25) is 4.79 Å². The van der Waals surface area contributed by atoms with Gasteiger partial charge in [0.15, 0.2) is 0 Å². The maximum Gasteiger partial charge on any atom is 0.224 e. The third kappa shape index (κ3) is 2.11. The molecule has 1 fully saturated rings. The first-order chi connectivity index (χ1) is 7.53. The summed E-state index contributed by atoms with van der Waals surface area (Å²) in [6.07, 6.45) is 0. The number of hydrogen-bond acceptors (Lipinski definition) is 1. The van der Waals surface area contributed by atoms with E-state index in [2.05, 4.69) is 60.7 Å². The van der Waals surface area contributed by atoms with Gasteiger partial charge in [0.2, 0.25) is 5.91 Å². The van der Waals surface area contributed by atoms with Crippen LogP contribution in [-0.4, -0.2) is 11.9 Å². The van der Waals surface area contributed by atoms with Crippen molar-refractivity contribution in [3.05, 3.63) is 0 Å². The summed E-state index contributed by atoms with van der Waals surface area (Å²) in [6.45, 7) is 17.8. The first-order valence-electron chi connectivity index (χ1n) is 6.83. The van der Waals surface area contributed by atoms with Gasteiger partial charge in [-0.2, -0.15) is 0 Å². The minimum Gasteiger partial charge on any atom is -0.352 e. The summed E-state index contributed by atoms with van der Waals surface area (Å²) in [5, 5.41) is 3.25. The first kappa shape index (κ1) is 14.5. The van der Waals surface area contributed by atoms with E-state index in [1.165, 1.54) is 0 Å². The number of carbonyl (C=O) groups is 1. The Bertz CT molecular complexity index is 302. The van der Waals surface area contributed by atoms with E-state index in [1.54, 1.807) is 0 Å². The minimum atomic E-state index is 0.0262. The van der Waals surface area contributed by atoms with Crippen LogP contribution in [0.15, 0.2) is 0 Å². The van der Waals surface area contributed by atoms with Gasteiger partial charge >= 0.3 is 0 Å². The normalized spacial score (nSPS) is 31.8. The Kier molecular flexibility index (Phi) is 3.67. The van der Waals surface area contributed by atoms with Crippen LogP contribution in [0.4, 0.5) is 0 Å².